The van der Waals surface area contributed by atoms with Gasteiger partial charge in [-0.05, 0) is 24.2 Å². The summed E-state index contributed by atoms with van der Waals surface area (Å²) in [7, 11) is 0. The first kappa shape index (κ1) is 9.78. The van der Waals surface area contributed by atoms with E-state index < -0.39 is 0 Å². The van der Waals surface area contributed by atoms with Crippen molar-refractivity contribution in [3.05, 3.63) is 28.0 Å². The number of aromatic nitrogens is 1. The van der Waals surface area contributed by atoms with Crippen molar-refractivity contribution in [3.8, 4) is 0 Å². The minimum atomic E-state index is 0.440. The molecule has 0 unspecified atom stereocenters. The van der Waals surface area contributed by atoms with Gasteiger partial charge in [-0.3, -0.25) is 0 Å². The molecule has 4 heteroatoms. The Balaban J connectivity index is 2.72. The van der Waals surface area contributed by atoms with Gasteiger partial charge in [0.2, 0.25) is 0 Å². The van der Waals surface area contributed by atoms with E-state index in [0.717, 1.165) is 18.7 Å². The lowest BCUT2D eigenvalue weighted by Gasteiger charge is -2.02. The van der Waals surface area contributed by atoms with Gasteiger partial charge in [0.1, 0.15) is 10.3 Å². The molecule has 0 bridgehead atoms. The molecule has 0 radical (unpaired) electrons. The Morgan fingerprint density at radius 2 is 1.92 bits per heavy atom. The molecule has 2 nitrogen and oxygen atoms in total. The molecule has 0 atom stereocenters. The van der Waals surface area contributed by atoms with Crippen LogP contribution < -0.4 is 5.32 Å². The molecule has 0 saturated heterocycles. The number of rotatable bonds is 3. The van der Waals surface area contributed by atoms with Crippen molar-refractivity contribution in [2.24, 2.45) is 0 Å². The molecule has 0 aromatic carbocycles. The predicted molar refractivity (Wildman–Crippen MR) is 51.6 cm³/mol. The van der Waals surface area contributed by atoms with Crippen LogP contribution in [0.25, 0.3) is 0 Å². The summed E-state index contributed by atoms with van der Waals surface area (Å²) in [6.45, 7) is 3.75. The molecule has 0 aliphatic carbocycles. The highest BCUT2D eigenvalue weighted by atomic mass is 35.5. The summed E-state index contributed by atoms with van der Waals surface area (Å²) in [5.74, 6) is 0. The summed E-state index contributed by atoms with van der Waals surface area (Å²) in [5.41, 5.74) is 1.06. The van der Waals surface area contributed by atoms with Crippen LogP contribution in [0.15, 0.2) is 12.1 Å². The van der Waals surface area contributed by atoms with E-state index in [9.17, 15) is 0 Å². The van der Waals surface area contributed by atoms with Gasteiger partial charge < -0.3 is 5.32 Å². The van der Waals surface area contributed by atoms with Crippen molar-refractivity contribution in [1.29, 1.82) is 0 Å². The number of hydrogen-bond donors (Lipinski definition) is 1. The van der Waals surface area contributed by atoms with Gasteiger partial charge in [-0.15, -0.1) is 0 Å². The van der Waals surface area contributed by atoms with Crippen molar-refractivity contribution in [1.82, 2.24) is 10.3 Å². The molecule has 1 rings (SSSR count). The average Bonchev–Trinajstić information content (AvgIpc) is 1.99. The normalized spacial score (nSPS) is 10.2. The third-order valence-electron chi connectivity index (χ3n) is 1.40. The van der Waals surface area contributed by atoms with Gasteiger partial charge in [-0.25, -0.2) is 4.98 Å². The molecule has 0 aliphatic heterocycles. The summed E-state index contributed by atoms with van der Waals surface area (Å²) in [6, 6.07) is 3.60. The molecule has 0 spiro atoms. The SMILES string of the molecule is CCNCc1cc(Cl)nc(Cl)c1. The molecule has 1 aromatic rings. The lowest BCUT2D eigenvalue weighted by atomic mass is 10.3. The van der Waals surface area contributed by atoms with Crippen LogP contribution in [-0.2, 0) is 6.54 Å². The number of hydrogen-bond acceptors (Lipinski definition) is 2. The third kappa shape index (κ3) is 2.97. The Kier molecular flexibility index (Phi) is 3.79. The van der Waals surface area contributed by atoms with E-state index in [-0.39, 0.29) is 0 Å². The van der Waals surface area contributed by atoms with E-state index in [1.807, 2.05) is 6.92 Å². The smallest absolute Gasteiger partial charge is 0.131 e. The summed E-state index contributed by atoms with van der Waals surface area (Å²) in [4.78, 5) is 3.85. The van der Waals surface area contributed by atoms with E-state index in [4.69, 9.17) is 23.2 Å². The van der Waals surface area contributed by atoms with Crippen LogP contribution in [-0.4, -0.2) is 11.5 Å². The Morgan fingerprint density at radius 3 is 2.42 bits per heavy atom. The first-order valence-electron chi connectivity index (χ1n) is 3.75. The first-order chi connectivity index (χ1) is 5.72. The molecule has 1 aromatic heterocycles. The fraction of sp³-hybridized carbons (Fsp3) is 0.375. The molecule has 0 amide bonds. The second-order valence-corrected chi connectivity index (χ2v) is 3.18. The van der Waals surface area contributed by atoms with E-state index >= 15 is 0 Å². The van der Waals surface area contributed by atoms with Crippen molar-refractivity contribution < 1.29 is 0 Å². The standard InChI is InChI=1S/C8H10Cl2N2/c1-2-11-5-6-3-7(9)12-8(10)4-6/h3-4,11H,2,5H2,1H3. The van der Waals surface area contributed by atoms with E-state index in [2.05, 4.69) is 10.3 Å². The number of pyridine rings is 1. The summed E-state index contributed by atoms with van der Waals surface area (Å²) < 4.78 is 0. The highest BCUT2D eigenvalue weighted by Crippen LogP contribution is 2.14. The molecule has 66 valence electrons. The number of nitrogens with zero attached hydrogens (tertiary/aromatic N) is 1. The van der Waals surface area contributed by atoms with Gasteiger partial charge in [0, 0.05) is 6.54 Å². The van der Waals surface area contributed by atoms with Gasteiger partial charge in [-0.2, -0.15) is 0 Å². The summed E-state index contributed by atoms with van der Waals surface area (Å²) in [6.07, 6.45) is 0. The fourth-order valence-electron chi connectivity index (χ4n) is 0.886. The highest BCUT2D eigenvalue weighted by molar-refractivity contribution is 6.32. The Hall–Kier alpha value is -0.310. The lowest BCUT2D eigenvalue weighted by molar-refractivity contribution is 0.726. The van der Waals surface area contributed by atoms with Crippen molar-refractivity contribution in [3.63, 3.8) is 0 Å². The minimum Gasteiger partial charge on any atom is -0.313 e. The van der Waals surface area contributed by atoms with Crippen molar-refractivity contribution >= 4 is 23.2 Å². The van der Waals surface area contributed by atoms with Crippen molar-refractivity contribution in [2.75, 3.05) is 6.54 Å². The maximum atomic E-state index is 5.71. The zero-order chi connectivity index (χ0) is 8.97. The van der Waals surface area contributed by atoms with Gasteiger partial charge >= 0.3 is 0 Å². The van der Waals surface area contributed by atoms with Crippen LogP contribution >= 0.6 is 23.2 Å². The first-order valence-corrected chi connectivity index (χ1v) is 4.50. The van der Waals surface area contributed by atoms with Gasteiger partial charge in [0.25, 0.3) is 0 Å². The molecule has 0 saturated carbocycles. The number of nitrogens with one attached hydrogen (secondary N) is 1. The Labute approximate surface area is 81.9 Å². The largest absolute Gasteiger partial charge is 0.313 e. The maximum absolute atomic E-state index is 5.71. The zero-order valence-corrected chi connectivity index (χ0v) is 8.28. The van der Waals surface area contributed by atoms with Crippen LogP contribution in [0.4, 0.5) is 0 Å². The van der Waals surface area contributed by atoms with Crippen LogP contribution in [0.2, 0.25) is 10.3 Å². The summed E-state index contributed by atoms with van der Waals surface area (Å²) in [5, 5.41) is 4.05. The Morgan fingerprint density at radius 1 is 1.33 bits per heavy atom. The predicted octanol–water partition coefficient (Wildman–Crippen LogP) is 2.50. The van der Waals surface area contributed by atoms with Gasteiger partial charge in [-0.1, -0.05) is 30.1 Å². The molecular formula is C8H10Cl2N2. The summed E-state index contributed by atoms with van der Waals surface area (Å²) >= 11 is 11.4. The maximum Gasteiger partial charge on any atom is 0.131 e. The van der Waals surface area contributed by atoms with Crippen LogP contribution in [0.5, 0.6) is 0 Å². The zero-order valence-electron chi connectivity index (χ0n) is 6.77. The second kappa shape index (κ2) is 4.65. The van der Waals surface area contributed by atoms with Gasteiger partial charge in [0.15, 0.2) is 0 Å². The molecule has 0 aliphatic rings. The fourth-order valence-corrected chi connectivity index (χ4v) is 1.39. The third-order valence-corrected chi connectivity index (χ3v) is 1.79. The van der Waals surface area contributed by atoms with E-state index in [1.54, 1.807) is 12.1 Å². The van der Waals surface area contributed by atoms with Crippen LogP contribution in [0.3, 0.4) is 0 Å². The number of halogens is 2. The highest BCUT2D eigenvalue weighted by Gasteiger charge is 1.97. The lowest BCUT2D eigenvalue weighted by Crippen LogP contribution is -2.11. The second-order valence-electron chi connectivity index (χ2n) is 2.40. The minimum absolute atomic E-state index is 0.440. The van der Waals surface area contributed by atoms with Crippen molar-refractivity contribution in [2.45, 2.75) is 13.5 Å². The van der Waals surface area contributed by atoms with E-state index in [0.29, 0.717) is 10.3 Å². The van der Waals surface area contributed by atoms with E-state index in [1.165, 1.54) is 0 Å². The molecule has 1 heterocycles. The monoisotopic (exact) mass is 204 g/mol. The molecular weight excluding hydrogens is 195 g/mol. The Bertz CT molecular complexity index is 243. The topological polar surface area (TPSA) is 24.9 Å². The van der Waals surface area contributed by atoms with Gasteiger partial charge in [0.05, 0.1) is 0 Å². The molecule has 0 fully saturated rings. The van der Waals surface area contributed by atoms with Crippen LogP contribution in [0.1, 0.15) is 12.5 Å². The van der Waals surface area contributed by atoms with Crippen LogP contribution in [0, 0.1) is 0 Å². The quantitative estimate of drug-likeness (QED) is 0.766. The molecule has 1 N–H and O–H groups in total. The average molecular weight is 205 g/mol. The molecule has 12 heavy (non-hydrogen) atoms.